The van der Waals surface area contributed by atoms with Gasteiger partial charge in [0.15, 0.2) is 0 Å². The highest BCUT2D eigenvalue weighted by Crippen LogP contribution is 2.32. The molecule has 0 spiro atoms. The molecule has 0 aliphatic heterocycles. The molecule has 2 nitrogen and oxygen atoms in total. The van der Waals surface area contributed by atoms with E-state index in [-0.39, 0.29) is 21.7 Å². The smallest absolute Gasteiger partial charge is 0.0490 e. The summed E-state index contributed by atoms with van der Waals surface area (Å²) in [6.07, 6.45) is 4.34. The average Bonchev–Trinajstić information content (AvgIpc) is 3.33. The van der Waals surface area contributed by atoms with Gasteiger partial charge in [0.2, 0.25) is 0 Å². The second-order valence-corrected chi connectivity index (χ2v) is 13.8. The summed E-state index contributed by atoms with van der Waals surface area (Å²) in [5, 5.41) is 0. The van der Waals surface area contributed by atoms with Crippen LogP contribution in [-0.2, 0) is 21.7 Å². The van der Waals surface area contributed by atoms with Gasteiger partial charge in [-0.15, -0.1) is 0 Å². The van der Waals surface area contributed by atoms with Gasteiger partial charge in [0, 0.05) is 45.6 Å². The molecule has 34 heavy (non-hydrogen) atoms. The Bertz CT molecular complexity index is 1070. The van der Waals surface area contributed by atoms with Gasteiger partial charge in [-0.1, -0.05) is 95.2 Å². The maximum absolute atomic E-state index is 2.33. The van der Waals surface area contributed by atoms with Gasteiger partial charge in [0.1, 0.15) is 0 Å². The summed E-state index contributed by atoms with van der Waals surface area (Å²) in [7, 11) is 0. The van der Waals surface area contributed by atoms with Crippen LogP contribution in [0.3, 0.4) is 0 Å². The molecular formula is C32H46N2. The van der Waals surface area contributed by atoms with E-state index in [2.05, 4.69) is 153 Å². The lowest BCUT2D eigenvalue weighted by atomic mass is 9.84. The molecule has 0 atom stereocenters. The molecule has 0 fully saturated rings. The van der Waals surface area contributed by atoms with E-state index in [0.29, 0.717) is 0 Å². The van der Waals surface area contributed by atoms with E-state index in [1.807, 2.05) is 0 Å². The molecule has 4 rings (SSSR count). The normalized spacial score (nSPS) is 13.3. The minimum Gasteiger partial charge on any atom is -0.320 e. The standard InChI is InChI=1S/2C16H23N/c2*1-15(2,3)12-9-10-14(16(4,5)6)17-11-7-8-13(12)17/h2*7-11H,1-6H3. The van der Waals surface area contributed by atoms with Crippen LogP contribution >= 0.6 is 0 Å². The Balaban J connectivity index is 0.000000191. The zero-order valence-corrected chi connectivity index (χ0v) is 23.7. The summed E-state index contributed by atoms with van der Waals surface area (Å²) in [5.41, 5.74) is 8.96. The van der Waals surface area contributed by atoms with Crippen LogP contribution in [0.25, 0.3) is 11.0 Å². The number of fused-ring (bicyclic) bond motifs is 2. The molecule has 2 heteroatoms. The molecule has 0 saturated carbocycles. The molecule has 4 aromatic heterocycles. The Hall–Kier alpha value is -2.48. The fourth-order valence-electron chi connectivity index (χ4n) is 4.77. The lowest BCUT2D eigenvalue weighted by molar-refractivity contribution is 0.553. The zero-order chi connectivity index (χ0) is 25.7. The highest BCUT2D eigenvalue weighted by atomic mass is 14.9. The zero-order valence-electron chi connectivity index (χ0n) is 23.7. The first-order chi connectivity index (χ1) is 15.4. The molecule has 0 unspecified atom stereocenters. The molecular weight excluding hydrogens is 412 g/mol. The molecule has 4 aromatic rings. The molecule has 0 aromatic carbocycles. The second-order valence-electron chi connectivity index (χ2n) is 13.8. The predicted octanol–water partition coefficient (Wildman–Crippen LogP) is 9.07. The van der Waals surface area contributed by atoms with Gasteiger partial charge < -0.3 is 8.80 Å². The monoisotopic (exact) mass is 458 g/mol. The van der Waals surface area contributed by atoms with Crippen LogP contribution in [0.1, 0.15) is 106 Å². The van der Waals surface area contributed by atoms with E-state index >= 15 is 0 Å². The van der Waals surface area contributed by atoms with Crippen LogP contribution in [-0.4, -0.2) is 8.80 Å². The van der Waals surface area contributed by atoms with Crippen LogP contribution < -0.4 is 0 Å². The average molecular weight is 459 g/mol. The second kappa shape index (κ2) is 8.63. The molecule has 4 heterocycles. The summed E-state index contributed by atoms with van der Waals surface area (Å²) in [6, 6.07) is 17.8. The van der Waals surface area contributed by atoms with E-state index in [4.69, 9.17) is 0 Å². The number of hydrogen-bond donors (Lipinski definition) is 0. The van der Waals surface area contributed by atoms with Gasteiger partial charge in [-0.05, 0) is 58.4 Å². The van der Waals surface area contributed by atoms with Crippen molar-refractivity contribution < 1.29 is 0 Å². The van der Waals surface area contributed by atoms with Gasteiger partial charge in [-0.25, -0.2) is 0 Å². The topological polar surface area (TPSA) is 8.82 Å². The first-order valence-electron chi connectivity index (χ1n) is 12.6. The van der Waals surface area contributed by atoms with Gasteiger partial charge >= 0.3 is 0 Å². The molecule has 0 bridgehead atoms. The highest BCUT2D eigenvalue weighted by molar-refractivity contribution is 5.60. The number of nitrogens with zero attached hydrogens (tertiary/aromatic N) is 2. The number of rotatable bonds is 0. The van der Waals surface area contributed by atoms with Crippen molar-refractivity contribution in [1.82, 2.24) is 8.80 Å². The third kappa shape index (κ3) is 5.27. The minimum atomic E-state index is 0.174. The maximum Gasteiger partial charge on any atom is 0.0490 e. The van der Waals surface area contributed by atoms with Gasteiger partial charge in [-0.2, -0.15) is 0 Å². The van der Waals surface area contributed by atoms with E-state index in [1.54, 1.807) is 0 Å². The Morgan fingerprint density at radius 1 is 0.412 bits per heavy atom. The highest BCUT2D eigenvalue weighted by Gasteiger charge is 2.23. The summed E-state index contributed by atoms with van der Waals surface area (Å²) in [5.74, 6) is 0. The first-order valence-corrected chi connectivity index (χ1v) is 12.6. The minimum absolute atomic E-state index is 0.174. The van der Waals surface area contributed by atoms with E-state index in [0.717, 1.165) is 0 Å². The molecule has 0 saturated heterocycles. The van der Waals surface area contributed by atoms with Crippen molar-refractivity contribution in [1.29, 1.82) is 0 Å². The van der Waals surface area contributed by atoms with Crippen LogP contribution in [0.2, 0.25) is 0 Å². The molecule has 0 aliphatic rings. The van der Waals surface area contributed by atoms with E-state index in [9.17, 15) is 0 Å². The van der Waals surface area contributed by atoms with Crippen LogP contribution in [0.15, 0.2) is 60.9 Å². The maximum atomic E-state index is 2.33. The van der Waals surface area contributed by atoms with Crippen molar-refractivity contribution in [2.45, 2.75) is 105 Å². The van der Waals surface area contributed by atoms with Crippen LogP contribution in [0, 0.1) is 0 Å². The summed E-state index contributed by atoms with van der Waals surface area (Å²) >= 11 is 0. The fraction of sp³-hybridized carbons (Fsp3) is 0.500. The first kappa shape index (κ1) is 26.1. The summed E-state index contributed by atoms with van der Waals surface area (Å²) in [6.45, 7) is 27.2. The molecule has 0 aliphatic carbocycles. The SMILES string of the molecule is CC(C)(C)c1ccc(C(C)(C)C)n2cccc12.CC(C)(C)c1ccc(C(C)(C)C)n2cccc12. The van der Waals surface area contributed by atoms with Crippen LogP contribution in [0.4, 0.5) is 0 Å². The van der Waals surface area contributed by atoms with Gasteiger partial charge in [-0.3, -0.25) is 0 Å². The third-order valence-electron chi connectivity index (χ3n) is 6.54. The van der Waals surface area contributed by atoms with Crippen molar-refractivity contribution in [3.05, 3.63) is 83.4 Å². The number of pyridine rings is 2. The molecule has 0 amide bonds. The van der Waals surface area contributed by atoms with Crippen molar-refractivity contribution >= 4 is 11.0 Å². The van der Waals surface area contributed by atoms with E-state index in [1.165, 1.54) is 33.5 Å². The van der Waals surface area contributed by atoms with E-state index < -0.39 is 0 Å². The number of hydrogen-bond acceptors (Lipinski definition) is 0. The predicted molar refractivity (Wildman–Crippen MR) is 150 cm³/mol. The van der Waals surface area contributed by atoms with Crippen molar-refractivity contribution in [2.75, 3.05) is 0 Å². The van der Waals surface area contributed by atoms with Crippen molar-refractivity contribution in [2.24, 2.45) is 0 Å². The van der Waals surface area contributed by atoms with Gasteiger partial charge in [0.25, 0.3) is 0 Å². The number of aromatic nitrogens is 2. The summed E-state index contributed by atoms with van der Waals surface area (Å²) in [4.78, 5) is 0. The third-order valence-corrected chi connectivity index (χ3v) is 6.54. The Labute approximate surface area is 208 Å². The Morgan fingerprint density at radius 3 is 1.00 bits per heavy atom. The fourth-order valence-corrected chi connectivity index (χ4v) is 4.77. The molecule has 0 N–H and O–H groups in total. The quantitative estimate of drug-likeness (QED) is 0.248. The van der Waals surface area contributed by atoms with Crippen LogP contribution in [0.5, 0.6) is 0 Å². The van der Waals surface area contributed by atoms with Crippen molar-refractivity contribution in [3.63, 3.8) is 0 Å². The largest absolute Gasteiger partial charge is 0.320 e. The summed E-state index contributed by atoms with van der Waals surface area (Å²) < 4.78 is 4.67. The van der Waals surface area contributed by atoms with Crippen molar-refractivity contribution in [3.8, 4) is 0 Å². The molecule has 0 radical (unpaired) electrons. The lowest BCUT2D eigenvalue weighted by Gasteiger charge is -2.26. The van der Waals surface area contributed by atoms with Gasteiger partial charge in [0.05, 0.1) is 0 Å². The molecule has 184 valence electrons. The lowest BCUT2D eigenvalue weighted by Crippen LogP contribution is -2.19. The Morgan fingerprint density at radius 2 is 0.735 bits per heavy atom. The Kier molecular flexibility index (Phi) is 6.63.